The van der Waals surface area contributed by atoms with E-state index in [-0.39, 0.29) is 5.97 Å². The van der Waals surface area contributed by atoms with Crippen molar-refractivity contribution in [1.29, 1.82) is 0 Å². The average molecular weight is 331 g/mol. The first-order chi connectivity index (χ1) is 10.1. The molecule has 1 saturated heterocycles. The first kappa shape index (κ1) is 16.6. The second-order valence-electron chi connectivity index (χ2n) is 4.97. The van der Waals surface area contributed by atoms with Crippen molar-refractivity contribution in [1.82, 2.24) is 10.2 Å². The van der Waals surface area contributed by atoms with Crippen molar-refractivity contribution in [2.45, 2.75) is 19.4 Å². The van der Waals surface area contributed by atoms with E-state index in [1.807, 2.05) is 13.0 Å². The number of esters is 1. The maximum Gasteiger partial charge on any atom is 0.328 e. The molecule has 1 heterocycles. The zero-order chi connectivity index (χ0) is 15.2. The van der Waals surface area contributed by atoms with Gasteiger partial charge in [0, 0.05) is 19.6 Å². The number of nitrogens with one attached hydrogen (secondary N) is 1. The first-order valence-electron chi connectivity index (χ1n) is 7.20. The third kappa shape index (κ3) is 4.33. The van der Waals surface area contributed by atoms with Gasteiger partial charge in [0.2, 0.25) is 0 Å². The Hall–Kier alpha value is -0.810. The van der Waals surface area contributed by atoms with Gasteiger partial charge in [-0.05, 0) is 37.6 Å². The minimum Gasteiger partial charge on any atom is -0.465 e. The summed E-state index contributed by atoms with van der Waals surface area (Å²) in [5, 5.41) is 4.28. The zero-order valence-electron chi connectivity index (χ0n) is 12.1. The van der Waals surface area contributed by atoms with Gasteiger partial charge in [0.15, 0.2) is 0 Å². The fraction of sp³-hybridized carbons (Fsp3) is 0.533. The summed E-state index contributed by atoms with van der Waals surface area (Å²) in [6.45, 7) is 5.64. The Balaban J connectivity index is 2.29. The number of rotatable bonds is 4. The lowest BCUT2D eigenvalue weighted by molar-refractivity contribution is -0.149. The van der Waals surface area contributed by atoms with Crippen LogP contribution < -0.4 is 5.32 Å². The van der Waals surface area contributed by atoms with Gasteiger partial charge in [-0.1, -0.05) is 29.3 Å². The van der Waals surface area contributed by atoms with Gasteiger partial charge in [0.1, 0.15) is 6.04 Å². The maximum atomic E-state index is 12.4. The van der Waals surface area contributed by atoms with E-state index in [0.717, 1.165) is 38.2 Å². The van der Waals surface area contributed by atoms with Gasteiger partial charge < -0.3 is 10.1 Å². The summed E-state index contributed by atoms with van der Waals surface area (Å²) in [4.78, 5) is 14.5. The highest BCUT2D eigenvalue weighted by Crippen LogP contribution is 2.29. The van der Waals surface area contributed by atoms with Crippen LogP contribution in [0.25, 0.3) is 0 Å². The molecule has 1 fully saturated rings. The average Bonchev–Trinajstić information content (AvgIpc) is 2.72. The van der Waals surface area contributed by atoms with Gasteiger partial charge in [0.25, 0.3) is 0 Å². The predicted molar refractivity (Wildman–Crippen MR) is 84.9 cm³/mol. The van der Waals surface area contributed by atoms with Crippen LogP contribution in [-0.4, -0.2) is 43.7 Å². The molecule has 116 valence electrons. The maximum absolute atomic E-state index is 12.4. The van der Waals surface area contributed by atoms with Gasteiger partial charge >= 0.3 is 5.97 Å². The Morgan fingerprint density at radius 2 is 2.14 bits per heavy atom. The number of hydrogen-bond donors (Lipinski definition) is 1. The Morgan fingerprint density at radius 1 is 1.33 bits per heavy atom. The molecule has 1 aromatic carbocycles. The van der Waals surface area contributed by atoms with Crippen LogP contribution in [0.15, 0.2) is 18.2 Å². The third-order valence-corrected chi connectivity index (χ3v) is 4.25. The summed E-state index contributed by atoms with van der Waals surface area (Å²) in [6.07, 6.45) is 0.997. The summed E-state index contributed by atoms with van der Waals surface area (Å²) in [6, 6.07) is 4.89. The molecule has 1 aliphatic rings. The van der Waals surface area contributed by atoms with E-state index in [9.17, 15) is 4.79 Å². The van der Waals surface area contributed by atoms with Crippen molar-refractivity contribution in [2.75, 3.05) is 32.8 Å². The van der Waals surface area contributed by atoms with E-state index in [4.69, 9.17) is 27.9 Å². The number of carbonyl (C=O) groups is 1. The molecule has 0 amide bonds. The van der Waals surface area contributed by atoms with Crippen LogP contribution in [0.2, 0.25) is 10.0 Å². The molecule has 1 aliphatic heterocycles. The van der Waals surface area contributed by atoms with Crippen LogP contribution in [0.3, 0.4) is 0 Å². The topological polar surface area (TPSA) is 41.6 Å². The Kier molecular flexibility index (Phi) is 6.30. The van der Waals surface area contributed by atoms with Crippen LogP contribution >= 0.6 is 23.2 Å². The minimum atomic E-state index is -0.431. The molecule has 21 heavy (non-hydrogen) atoms. The molecule has 0 aromatic heterocycles. The second kappa shape index (κ2) is 7.99. The van der Waals surface area contributed by atoms with E-state index in [1.54, 1.807) is 12.1 Å². The Bertz CT molecular complexity index is 489. The SMILES string of the molecule is CCOC(=O)C(c1ccc(Cl)c(Cl)c1)N1CCCNCC1. The molecule has 2 rings (SSSR count). The molecule has 0 radical (unpaired) electrons. The number of hydrogen-bond acceptors (Lipinski definition) is 4. The van der Waals surface area contributed by atoms with Crippen molar-refractivity contribution in [2.24, 2.45) is 0 Å². The van der Waals surface area contributed by atoms with Crippen molar-refractivity contribution in [3.63, 3.8) is 0 Å². The smallest absolute Gasteiger partial charge is 0.328 e. The van der Waals surface area contributed by atoms with Crippen LogP contribution in [0.4, 0.5) is 0 Å². The summed E-state index contributed by atoms with van der Waals surface area (Å²) in [7, 11) is 0. The summed E-state index contributed by atoms with van der Waals surface area (Å²) < 4.78 is 5.25. The molecule has 4 nitrogen and oxygen atoms in total. The predicted octanol–water partition coefficient (Wildman–Crippen LogP) is 2.89. The summed E-state index contributed by atoms with van der Waals surface area (Å²) in [5.41, 5.74) is 0.824. The highest BCUT2D eigenvalue weighted by atomic mass is 35.5. The van der Waals surface area contributed by atoms with Crippen molar-refractivity contribution < 1.29 is 9.53 Å². The van der Waals surface area contributed by atoms with E-state index < -0.39 is 6.04 Å². The van der Waals surface area contributed by atoms with Crippen molar-refractivity contribution in [3.8, 4) is 0 Å². The quantitative estimate of drug-likeness (QED) is 0.862. The molecular formula is C15H20Cl2N2O2. The van der Waals surface area contributed by atoms with Crippen LogP contribution in [0, 0.1) is 0 Å². The molecule has 6 heteroatoms. The van der Waals surface area contributed by atoms with Gasteiger partial charge in [-0.3, -0.25) is 4.90 Å². The van der Waals surface area contributed by atoms with Crippen molar-refractivity contribution >= 4 is 29.2 Å². The molecular weight excluding hydrogens is 311 g/mol. The fourth-order valence-electron chi connectivity index (χ4n) is 2.52. The van der Waals surface area contributed by atoms with Crippen LogP contribution in [0.1, 0.15) is 24.9 Å². The molecule has 0 bridgehead atoms. The van der Waals surface area contributed by atoms with E-state index in [1.165, 1.54) is 0 Å². The monoisotopic (exact) mass is 330 g/mol. The number of halogens is 2. The Labute approximate surface area is 135 Å². The fourth-order valence-corrected chi connectivity index (χ4v) is 2.83. The molecule has 1 N–H and O–H groups in total. The first-order valence-corrected chi connectivity index (χ1v) is 7.95. The molecule has 0 spiro atoms. The lowest BCUT2D eigenvalue weighted by atomic mass is 10.0. The number of ether oxygens (including phenoxy) is 1. The normalized spacial score (nSPS) is 18.0. The van der Waals surface area contributed by atoms with Gasteiger partial charge in [-0.15, -0.1) is 0 Å². The zero-order valence-corrected chi connectivity index (χ0v) is 13.6. The molecule has 1 atom stereocenters. The number of benzene rings is 1. The van der Waals surface area contributed by atoms with Gasteiger partial charge in [0.05, 0.1) is 16.7 Å². The lowest BCUT2D eigenvalue weighted by Crippen LogP contribution is -2.37. The highest BCUT2D eigenvalue weighted by molar-refractivity contribution is 6.42. The standard InChI is InChI=1S/C15H20Cl2N2O2/c1-2-21-15(20)14(19-8-3-6-18-7-9-19)11-4-5-12(16)13(17)10-11/h4-5,10,14,18H,2-3,6-9H2,1H3. The summed E-state index contributed by atoms with van der Waals surface area (Å²) >= 11 is 12.1. The van der Waals surface area contributed by atoms with E-state index >= 15 is 0 Å². The van der Waals surface area contributed by atoms with E-state index in [2.05, 4.69) is 10.2 Å². The molecule has 0 aliphatic carbocycles. The summed E-state index contributed by atoms with van der Waals surface area (Å²) in [5.74, 6) is -0.238. The highest BCUT2D eigenvalue weighted by Gasteiger charge is 2.29. The van der Waals surface area contributed by atoms with Gasteiger partial charge in [-0.2, -0.15) is 0 Å². The van der Waals surface area contributed by atoms with Crippen molar-refractivity contribution in [3.05, 3.63) is 33.8 Å². The molecule has 1 aromatic rings. The second-order valence-corrected chi connectivity index (χ2v) is 5.78. The molecule has 0 saturated carbocycles. The Morgan fingerprint density at radius 3 is 2.86 bits per heavy atom. The van der Waals surface area contributed by atoms with Gasteiger partial charge in [-0.25, -0.2) is 4.79 Å². The molecule has 1 unspecified atom stereocenters. The lowest BCUT2D eigenvalue weighted by Gasteiger charge is -2.29. The minimum absolute atomic E-state index is 0.238. The third-order valence-electron chi connectivity index (χ3n) is 3.51. The van der Waals surface area contributed by atoms with Crippen LogP contribution in [0.5, 0.6) is 0 Å². The van der Waals surface area contributed by atoms with E-state index in [0.29, 0.717) is 16.7 Å². The number of carbonyl (C=O) groups excluding carboxylic acids is 1. The largest absolute Gasteiger partial charge is 0.465 e. The van der Waals surface area contributed by atoms with Crippen LogP contribution in [-0.2, 0) is 9.53 Å². The number of nitrogens with zero attached hydrogens (tertiary/aromatic N) is 1.